The van der Waals surface area contributed by atoms with Crippen molar-refractivity contribution in [2.45, 2.75) is 33.1 Å². The maximum absolute atomic E-state index is 9.16. The Bertz CT molecular complexity index is 303. The smallest absolute Gasteiger partial charge is 0.0641 e. The Kier molecular flexibility index (Phi) is 4.15. The molecule has 1 aliphatic rings. The molecule has 3 atom stereocenters. The minimum absolute atomic E-state index is 0.110. The highest BCUT2D eigenvalue weighted by molar-refractivity contribution is 5.15. The van der Waals surface area contributed by atoms with Gasteiger partial charge in [-0.25, -0.2) is 0 Å². The molecular weight excluding hydrogens is 196 g/mol. The van der Waals surface area contributed by atoms with Gasteiger partial charge in [0, 0.05) is 0 Å². The van der Waals surface area contributed by atoms with Crippen molar-refractivity contribution in [3.8, 4) is 0 Å². The second-order valence-electron chi connectivity index (χ2n) is 5.40. The third-order valence-corrected chi connectivity index (χ3v) is 4.19. The number of aliphatic hydroxyl groups excluding tert-OH is 1. The Labute approximate surface area is 99.6 Å². The summed E-state index contributed by atoms with van der Waals surface area (Å²) in [7, 11) is 0. The van der Waals surface area contributed by atoms with Crippen LogP contribution in [0.2, 0.25) is 0 Å². The fourth-order valence-electron chi connectivity index (χ4n) is 2.84. The third kappa shape index (κ3) is 2.46. The molecule has 1 aliphatic carbocycles. The largest absolute Gasteiger partial charge is 0.392 e. The summed E-state index contributed by atoms with van der Waals surface area (Å²) in [6.07, 6.45) is 5.34. The van der Waals surface area contributed by atoms with Gasteiger partial charge >= 0.3 is 0 Å². The summed E-state index contributed by atoms with van der Waals surface area (Å²) >= 11 is 0. The minimum Gasteiger partial charge on any atom is -0.392 e. The van der Waals surface area contributed by atoms with Gasteiger partial charge in [0.15, 0.2) is 0 Å². The summed E-state index contributed by atoms with van der Waals surface area (Å²) < 4.78 is 0. The van der Waals surface area contributed by atoms with Crippen LogP contribution in [0.5, 0.6) is 0 Å². The molecule has 0 radical (unpaired) electrons. The van der Waals surface area contributed by atoms with Crippen LogP contribution in [-0.2, 0) is 0 Å². The maximum Gasteiger partial charge on any atom is 0.0641 e. The molecule has 0 bridgehead atoms. The van der Waals surface area contributed by atoms with Crippen LogP contribution in [0.3, 0.4) is 0 Å². The lowest BCUT2D eigenvalue weighted by Gasteiger charge is -2.43. The SMILES string of the molecule is C=C[C@@]1(C)CC[C@H](C(=C)CO)C[C@@H]1C(=C)C. The van der Waals surface area contributed by atoms with Crippen molar-refractivity contribution < 1.29 is 5.11 Å². The highest BCUT2D eigenvalue weighted by Crippen LogP contribution is 2.48. The second kappa shape index (κ2) is 5.01. The van der Waals surface area contributed by atoms with E-state index >= 15 is 0 Å². The summed E-state index contributed by atoms with van der Waals surface area (Å²) in [4.78, 5) is 0. The van der Waals surface area contributed by atoms with Gasteiger partial charge in [0.05, 0.1) is 6.61 Å². The average molecular weight is 220 g/mol. The molecule has 0 aromatic rings. The normalized spacial score (nSPS) is 34.4. The number of aliphatic hydroxyl groups is 1. The Morgan fingerprint density at radius 2 is 2.12 bits per heavy atom. The molecule has 0 aromatic heterocycles. The minimum atomic E-state index is 0.110. The van der Waals surface area contributed by atoms with Gasteiger partial charge in [0.2, 0.25) is 0 Å². The number of allylic oxidation sites excluding steroid dienone is 2. The van der Waals surface area contributed by atoms with Gasteiger partial charge < -0.3 is 5.11 Å². The van der Waals surface area contributed by atoms with Crippen LogP contribution in [0.15, 0.2) is 37.0 Å². The monoisotopic (exact) mass is 220 g/mol. The molecule has 1 fully saturated rings. The Morgan fingerprint density at radius 1 is 1.50 bits per heavy atom. The zero-order valence-corrected chi connectivity index (χ0v) is 10.6. The van der Waals surface area contributed by atoms with Crippen molar-refractivity contribution in [1.29, 1.82) is 0 Å². The second-order valence-corrected chi connectivity index (χ2v) is 5.40. The van der Waals surface area contributed by atoms with Gasteiger partial charge in [-0.1, -0.05) is 31.7 Å². The highest BCUT2D eigenvalue weighted by atomic mass is 16.3. The molecule has 1 rings (SSSR count). The lowest BCUT2D eigenvalue weighted by molar-refractivity contribution is 0.161. The Hall–Kier alpha value is -0.820. The molecule has 0 saturated heterocycles. The van der Waals surface area contributed by atoms with Gasteiger partial charge in [-0.05, 0) is 49.0 Å². The van der Waals surface area contributed by atoms with Crippen molar-refractivity contribution in [3.63, 3.8) is 0 Å². The van der Waals surface area contributed by atoms with E-state index < -0.39 is 0 Å². The molecule has 0 spiro atoms. The van der Waals surface area contributed by atoms with Crippen molar-refractivity contribution in [2.24, 2.45) is 17.3 Å². The summed E-state index contributed by atoms with van der Waals surface area (Å²) in [5, 5.41) is 9.16. The molecule has 16 heavy (non-hydrogen) atoms. The van der Waals surface area contributed by atoms with E-state index in [4.69, 9.17) is 5.11 Å². The molecule has 1 nitrogen and oxygen atoms in total. The van der Waals surface area contributed by atoms with Crippen LogP contribution in [0.25, 0.3) is 0 Å². The van der Waals surface area contributed by atoms with Gasteiger partial charge in [0.25, 0.3) is 0 Å². The van der Waals surface area contributed by atoms with Crippen LogP contribution >= 0.6 is 0 Å². The summed E-state index contributed by atoms with van der Waals surface area (Å²) in [5.41, 5.74) is 2.35. The maximum atomic E-state index is 9.16. The van der Waals surface area contributed by atoms with Crippen molar-refractivity contribution in [2.75, 3.05) is 6.61 Å². The molecule has 0 unspecified atom stereocenters. The average Bonchev–Trinajstić information content (AvgIpc) is 2.28. The Morgan fingerprint density at radius 3 is 2.56 bits per heavy atom. The number of rotatable bonds is 4. The first-order valence-corrected chi connectivity index (χ1v) is 6.02. The van der Waals surface area contributed by atoms with E-state index in [-0.39, 0.29) is 12.0 Å². The van der Waals surface area contributed by atoms with E-state index in [0.717, 1.165) is 24.8 Å². The molecule has 0 aromatic carbocycles. The molecular formula is C15H24O. The number of hydrogen-bond acceptors (Lipinski definition) is 1. The molecule has 0 heterocycles. The van der Waals surface area contributed by atoms with Crippen molar-refractivity contribution >= 4 is 0 Å². The molecule has 0 aliphatic heterocycles. The fourth-order valence-corrected chi connectivity index (χ4v) is 2.84. The van der Waals surface area contributed by atoms with E-state index in [1.807, 2.05) is 0 Å². The summed E-state index contributed by atoms with van der Waals surface area (Å²) in [5.74, 6) is 0.909. The van der Waals surface area contributed by atoms with Crippen LogP contribution < -0.4 is 0 Å². The van der Waals surface area contributed by atoms with Gasteiger partial charge in [-0.2, -0.15) is 0 Å². The van der Waals surface area contributed by atoms with E-state index in [1.165, 1.54) is 5.57 Å². The summed E-state index contributed by atoms with van der Waals surface area (Å²) in [6.45, 7) is 16.5. The van der Waals surface area contributed by atoms with E-state index in [1.54, 1.807) is 0 Å². The quantitative estimate of drug-likeness (QED) is 0.716. The Balaban J connectivity index is 2.85. The first-order valence-electron chi connectivity index (χ1n) is 6.02. The van der Waals surface area contributed by atoms with Gasteiger partial charge in [-0.15, -0.1) is 6.58 Å². The van der Waals surface area contributed by atoms with Crippen LogP contribution in [-0.4, -0.2) is 11.7 Å². The third-order valence-electron chi connectivity index (χ3n) is 4.19. The van der Waals surface area contributed by atoms with Crippen LogP contribution in [0, 0.1) is 17.3 Å². The van der Waals surface area contributed by atoms with E-state index in [2.05, 4.69) is 39.7 Å². The van der Waals surface area contributed by atoms with E-state index in [9.17, 15) is 0 Å². The predicted octanol–water partition coefficient (Wildman–Crippen LogP) is 3.72. The highest BCUT2D eigenvalue weighted by Gasteiger charge is 2.38. The zero-order valence-electron chi connectivity index (χ0n) is 10.6. The molecule has 90 valence electrons. The van der Waals surface area contributed by atoms with Gasteiger partial charge in [0.1, 0.15) is 0 Å². The standard InChI is InChI=1S/C15H24O/c1-6-15(5)8-7-13(12(4)10-16)9-14(15)11(2)3/h6,13-14,16H,1-2,4,7-10H2,3,5H3/t13-,14+,15-/m0/s1. The predicted molar refractivity (Wildman–Crippen MR) is 70.2 cm³/mol. The molecule has 0 amide bonds. The van der Waals surface area contributed by atoms with E-state index in [0.29, 0.717) is 11.8 Å². The van der Waals surface area contributed by atoms with Crippen molar-refractivity contribution in [3.05, 3.63) is 37.0 Å². The van der Waals surface area contributed by atoms with Crippen LogP contribution in [0.1, 0.15) is 33.1 Å². The number of hydrogen-bond donors (Lipinski definition) is 1. The van der Waals surface area contributed by atoms with Crippen LogP contribution in [0.4, 0.5) is 0 Å². The molecule has 1 heteroatoms. The van der Waals surface area contributed by atoms with Gasteiger partial charge in [-0.3, -0.25) is 0 Å². The molecule has 1 saturated carbocycles. The van der Waals surface area contributed by atoms with Crippen molar-refractivity contribution in [1.82, 2.24) is 0 Å². The topological polar surface area (TPSA) is 20.2 Å². The zero-order chi connectivity index (χ0) is 12.3. The fraction of sp³-hybridized carbons (Fsp3) is 0.600. The molecule has 1 N–H and O–H groups in total. The summed E-state index contributed by atoms with van der Waals surface area (Å²) in [6, 6.07) is 0. The lowest BCUT2D eigenvalue weighted by Crippen LogP contribution is -2.34. The first-order chi connectivity index (χ1) is 7.44. The lowest BCUT2D eigenvalue weighted by atomic mass is 9.61. The first kappa shape index (κ1) is 13.2.